The molecule has 0 spiro atoms. The molecule has 0 aliphatic carbocycles. The lowest BCUT2D eigenvalue weighted by Gasteiger charge is -2.18. The highest BCUT2D eigenvalue weighted by Crippen LogP contribution is 2.13. The minimum Gasteiger partial charge on any atom is -0.462 e. The van der Waals surface area contributed by atoms with Crippen molar-refractivity contribution in [3.63, 3.8) is 0 Å². The molecule has 400 valence electrons. The molecule has 0 heterocycles. The molecular formula is C65H104O6. The molecule has 6 nitrogen and oxygen atoms in total. The minimum atomic E-state index is -0.823. The third-order valence-corrected chi connectivity index (χ3v) is 11.6. The Hall–Kier alpha value is -4.45. The van der Waals surface area contributed by atoms with Crippen LogP contribution in [0, 0.1) is 0 Å². The Morgan fingerprint density at radius 3 is 0.901 bits per heavy atom. The average molecular weight is 982 g/mol. The Balaban J connectivity index is 4.53. The molecule has 0 N–H and O–H groups in total. The summed E-state index contributed by atoms with van der Waals surface area (Å²) in [6, 6.07) is 0. The topological polar surface area (TPSA) is 78.9 Å². The Labute approximate surface area is 436 Å². The van der Waals surface area contributed by atoms with Gasteiger partial charge in [-0.05, 0) is 128 Å². The van der Waals surface area contributed by atoms with Crippen molar-refractivity contribution in [3.05, 3.63) is 134 Å². The van der Waals surface area contributed by atoms with Crippen LogP contribution in [0.5, 0.6) is 0 Å². The summed E-state index contributed by atoms with van der Waals surface area (Å²) in [5.41, 5.74) is 0. The lowest BCUT2D eigenvalue weighted by atomic mass is 10.1. The standard InChI is InChI=1S/C65H104O6/c1-4-7-10-13-16-19-22-25-28-31-32-35-37-40-43-46-49-52-55-58-64(67)70-61-62(71-65(68)59-56-53-50-47-44-41-38-34-30-27-24-21-18-15-12-9-6-3)60-69-63(66)57-54-51-48-45-42-39-36-33-29-26-23-20-17-14-11-8-5-2/h8-9,11-12,16-21,25-30,32,35,38,41,47,50,62H,4-7,10,13-15,22-24,31,33-34,36-37,39-40,42-46,48-49,51-61H2,1-3H3/b11-8-,12-9-,19-16-,20-17-,21-18-,28-25-,29-26-,30-27-,35-32-,41-38-,50-47-. The summed E-state index contributed by atoms with van der Waals surface area (Å²) in [7, 11) is 0. The van der Waals surface area contributed by atoms with Gasteiger partial charge in [0.15, 0.2) is 6.10 Å². The smallest absolute Gasteiger partial charge is 0.306 e. The van der Waals surface area contributed by atoms with E-state index in [1.54, 1.807) is 0 Å². The summed E-state index contributed by atoms with van der Waals surface area (Å²) in [5, 5.41) is 0. The molecule has 0 radical (unpaired) electrons. The van der Waals surface area contributed by atoms with Crippen molar-refractivity contribution < 1.29 is 28.6 Å². The first-order chi connectivity index (χ1) is 35.0. The van der Waals surface area contributed by atoms with E-state index >= 15 is 0 Å². The molecule has 0 aromatic heterocycles. The normalized spacial score (nSPS) is 13.1. The molecule has 0 bridgehead atoms. The van der Waals surface area contributed by atoms with E-state index < -0.39 is 6.10 Å². The lowest BCUT2D eigenvalue weighted by molar-refractivity contribution is -0.167. The van der Waals surface area contributed by atoms with Crippen LogP contribution < -0.4 is 0 Å². The summed E-state index contributed by atoms with van der Waals surface area (Å²) in [6.45, 7) is 6.31. The van der Waals surface area contributed by atoms with Gasteiger partial charge < -0.3 is 14.2 Å². The number of hydrogen-bond acceptors (Lipinski definition) is 6. The van der Waals surface area contributed by atoms with Crippen molar-refractivity contribution in [3.8, 4) is 0 Å². The number of allylic oxidation sites excluding steroid dienone is 22. The van der Waals surface area contributed by atoms with E-state index in [1.807, 2.05) is 0 Å². The van der Waals surface area contributed by atoms with E-state index in [2.05, 4.69) is 154 Å². The second-order valence-electron chi connectivity index (χ2n) is 18.4. The fourth-order valence-corrected chi connectivity index (χ4v) is 7.38. The first-order valence-electron chi connectivity index (χ1n) is 28.7. The van der Waals surface area contributed by atoms with Gasteiger partial charge in [0.25, 0.3) is 0 Å². The van der Waals surface area contributed by atoms with Crippen molar-refractivity contribution in [1.82, 2.24) is 0 Å². The maximum absolute atomic E-state index is 12.8. The molecule has 71 heavy (non-hydrogen) atoms. The third kappa shape index (κ3) is 56.3. The van der Waals surface area contributed by atoms with Crippen LogP contribution in [0.1, 0.15) is 239 Å². The Morgan fingerprint density at radius 1 is 0.296 bits per heavy atom. The van der Waals surface area contributed by atoms with Gasteiger partial charge in [-0.25, -0.2) is 0 Å². The summed E-state index contributed by atoms with van der Waals surface area (Å²) in [4.78, 5) is 38.2. The summed E-state index contributed by atoms with van der Waals surface area (Å²) in [5.74, 6) is -0.999. The molecule has 0 saturated carbocycles. The Morgan fingerprint density at radius 2 is 0.563 bits per heavy atom. The molecule has 0 saturated heterocycles. The van der Waals surface area contributed by atoms with Crippen LogP contribution in [-0.4, -0.2) is 37.2 Å². The molecular weight excluding hydrogens is 877 g/mol. The van der Waals surface area contributed by atoms with E-state index in [0.29, 0.717) is 19.3 Å². The Bertz CT molecular complexity index is 1550. The van der Waals surface area contributed by atoms with Gasteiger partial charge in [-0.15, -0.1) is 0 Å². The lowest BCUT2D eigenvalue weighted by Crippen LogP contribution is -2.30. The van der Waals surface area contributed by atoms with Gasteiger partial charge in [-0.2, -0.15) is 0 Å². The predicted molar refractivity (Wildman–Crippen MR) is 306 cm³/mol. The van der Waals surface area contributed by atoms with Crippen LogP contribution >= 0.6 is 0 Å². The fraction of sp³-hybridized carbons (Fsp3) is 0.615. The second kappa shape index (κ2) is 58.1. The van der Waals surface area contributed by atoms with Crippen LogP contribution in [0.3, 0.4) is 0 Å². The number of carbonyl (C=O) groups is 3. The quantitative estimate of drug-likeness (QED) is 0.0262. The molecule has 1 unspecified atom stereocenters. The second-order valence-corrected chi connectivity index (χ2v) is 18.4. The van der Waals surface area contributed by atoms with Gasteiger partial charge in [-0.3, -0.25) is 14.4 Å². The van der Waals surface area contributed by atoms with E-state index in [0.717, 1.165) is 128 Å². The first-order valence-corrected chi connectivity index (χ1v) is 28.7. The number of rotatable bonds is 50. The monoisotopic (exact) mass is 981 g/mol. The van der Waals surface area contributed by atoms with Gasteiger partial charge >= 0.3 is 17.9 Å². The summed E-state index contributed by atoms with van der Waals surface area (Å²) >= 11 is 0. The van der Waals surface area contributed by atoms with E-state index in [4.69, 9.17) is 14.2 Å². The van der Waals surface area contributed by atoms with Crippen molar-refractivity contribution in [2.24, 2.45) is 0 Å². The van der Waals surface area contributed by atoms with Gasteiger partial charge in [-0.1, -0.05) is 225 Å². The van der Waals surface area contributed by atoms with Gasteiger partial charge in [0, 0.05) is 19.3 Å². The van der Waals surface area contributed by atoms with E-state index in [9.17, 15) is 14.4 Å². The van der Waals surface area contributed by atoms with Crippen molar-refractivity contribution in [2.75, 3.05) is 13.2 Å². The largest absolute Gasteiger partial charge is 0.462 e. The van der Waals surface area contributed by atoms with Gasteiger partial charge in [0.2, 0.25) is 0 Å². The zero-order valence-corrected chi connectivity index (χ0v) is 45.7. The number of carbonyl (C=O) groups excluding carboxylic acids is 3. The molecule has 0 aliphatic heterocycles. The van der Waals surface area contributed by atoms with Gasteiger partial charge in [0.1, 0.15) is 13.2 Å². The summed E-state index contributed by atoms with van der Waals surface area (Å²) < 4.78 is 16.8. The summed E-state index contributed by atoms with van der Waals surface area (Å²) in [6.07, 6.45) is 81.5. The highest BCUT2D eigenvalue weighted by atomic mass is 16.6. The van der Waals surface area contributed by atoms with Crippen LogP contribution in [0.4, 0.5) is 0 Å². The van der Waals surface area contributed by atoms with E-state index in [-0.39, 0.29) is 37.5 Å². The first kappa shape index (κ1) is 66.6. The number of ether oxygens (including phenoxy) is 3. The molecule has 6 heteroatoms. The number of hydrogen-bond donors (Lipinski definition) is 0. The van der Waals surface area contributed by atoms with Crippen LogP contribution in [0.15, 0.2) is 134 Å². The van der Waals surface area contributed by atoms with Crippen LogP contribution in [0.25, 0.3) is 0 Å². The predicted octanol–water partition coefficient (Wildman–Crippen LogP) is 19.4. The number of esters is 3. The molecule has 0 amide bonds. The zero-order valence-electron chi connectivity index (χ0n) is 45.7. The third-order valence-electron chi connectivity index (χ3n) is 11.6. The molecule has 0 aliphatic rings. The maximum Gasteiger partial charge on any atom is 0.306 e. The van der Waals surface area contributed by atoms with E-state index in [1.165, 1.54) is 64.2 Å². The maximum atomic E-state index is 12.8. The van der Waals surface area contributed by atoms with Crippen molar-refractivity contribution in [1.29, 1.82) is 0 Å². The highest BCUT2D eigenvalue weighted by molar-refractivity contribution is 5.71. The zero-order chi connectivity index (χ0) is 51.4. The Kier molecular flexibility index (Phi) is 54.5. The average Bonchev–Trinajstić information content (AvgIpc) is 3.37. The van der Waals surface area contributed by atoms with Gasteiger partial charge in [0.05, 0.1) is 0 Å². The fourth-order valence-electron chi connectivity index (χ4n) is 7.38. The minimum absolute atomic E-state index is 0.115. The molecule has 0 fully saturated rings. The van der Waals surface area contributed by atoms with Crippen molar-refractivity contribution >= 4 is 17.9 Å². The molecule has 0 rings (SSSR count). The van der Waals surface area contributed by atoms with Crippen molar-refractivity contribution in [2.45, 2.75) is 245 Å². The molecule has 0 aromatic rings. The highest BCUT2D eigenvalue weighted by Gasteiger charge is 2.19. The van der Waals surface area contributed by atoms with Crippen LogP contribution in [-0.2, 0) is 28.6 Å². The molecule has 0 aromatic carbocycles. The number of unbranched alkanes of at least 4 members (excludes halogenated alkanes) is 17. The van der Waals surface area contributed by atoms with Crippen LogP contribution in [0.2, 0.25) is 0 Å². The molecule has 1 atom stereocenters. The SMILES string of the molecule is CC/C=C\C/C=C\C/C=C\C/C=C\C/C=C\CCCC(=O)OC(COC(=O)CCCCCCCC/C=C\C/C=C\C/C=C\CCCCC)COC(=O)CCCCCCCCC/C=C\C/C=C\C/C=C\CC.